The van der Waals surface area contributed by atoms with E-state index in [0.29, 0.717) is 39.1 Å². The molecule has 0 saturated carbocycles. The van der Waals surface area contributed by atoms with Gasteiger partial charge in [-0.1, -0.05) is 53.4 Å². The summed E-state index contributed by atoms with van der Waals surface area (Å²) in [5, 5.41) is 15.1. The van der Waals surface area contributed by atoms with Gasteiger partial charge in [0, 0.05) is 61.0 Å². The number of carbonyl (C=O) groups excluding carboxylic acids is 6. The van der Waals surface area contributed by atoms with Crippen molar-refractivity contribution in [3.63, 3.8) is 0 Å². The molecular formula is C48H79NO21. The van der Waals surface area contributed by atoms with Gasteiger partial charge in [0.15, 0.2) is 24.6 Å². The Labute approximate surface area is 411 Å². The largest absolute Gasteiger partial charge is 0.493 e. The molecular weight excluding hydrogens is 927 g/mol. The Morgan fingerprint density at radius 2 is 1.34 bits per heavy atom. The summed E-state index contributed by atoms with van der Waals surface area (Å²) in [5.41, 5.74) is 0. The number of rotatable bonds is 31. The SMILES string of the molecule is CCCCOCC1O[C@@H](O[C@H]2C(OCCCC)C=COC2COCCCC)C(OCCCC)C(OC2(C(=O)OC)CC(OC(C)=O)C(NC(C)=O)[C@H]([C@H](OC(C)=O)[C@@H](COC(C)=O)OC(C)=O)O2)[C@H]1O. The minimum atomic E-state index is -2.74. The van der Waals surface area contributed by atoms with Gasteiger partial charge < -0.3 is 76.7 Å². The van der Waals surface area contributed by atoms with Gasteiger partial charge in [0.05, 0.1) is 39.0 Å². The van der Waals surface area contributed by atoms with Crippen molar-refractivity contribution in [2.75, 3.05) is 53.4 Å². The monoisotopic (exact) mass is 1010 g/mol. The van der Waals surface area contributed by atoms with Gasteiger partial charge in [0.1, 0.15) is 55.4 Å². The second-order valence-electron chi connectivity index (χ2n) is 17.4. The lowest BCUT2D eigenvalue weighted by atomic mass is 9.87. The second kappa shape index (κ2) is 31.5. The van der Waals surface area contributed by atoms with Crippen LogP contribution in [0.2, 0.25) is 0 Å². The number of nitrogens with one attached hydrogen (secondary N) is 1. The van der Waals surface area contributed by atoms with Crippen molar-refractivity contribution in [2.24, 2.45) is 0 Å². The van der Waals surface area contributed by atoms with Crippen molar-refractivity contribution in [3.05, 3.63) is 12.3 Å². The zero-order chi connectivity index (χ0) is 51.8. The summed E-state index contributed by atoms with van der Waals surface area (Å²) in [6.45, 7) is 13.9. The highest BCUT2D eigenvalue weighted by atomic mass is 16.8. The molecule has 2 N–H and O–H groups in total. The van der Waals surface area contributed by atoms with Gasteiger partial charge in [0.25, 0.3) is 5.79 Å². The van der Waals surface area contributed by atoms with Crippen LogP contribution in [0.3, 0.4) is 0 Å². The number of hydrogen-bond acceptors (Lipinski definition) is 21. The molecule has 3 rings (SSSR count). The number of amides is 1. The van der Waals surface area contributed by atoms with E-state index >= 15 is 0 Å². The standard InChI is InChI=1S/C48H79NO21/c1-11-15-20-58-26-36-40(55)44(45(62-23-18-14-4)46(67-36)68-41-34(60-22-17-13-3)19-24-61-37(41)27-59-21-16-12-2)70-48(47(56)57-10)25-35(64-31(7)52)39(49-29(5)50)43(69-48)42(66-33(9)54)38(65-32(8)53)28-63-30(6)51/h19,24,34-46,55H,11-18,20-23,25-28H2,1-10H3,(H,49,50)/t34?,35?,36?,37?,38-,39?,40+,41+,42-,43-,44?,45?,46+,48?/m1/s1. The van der Waals surface area contributed by atoms with Crippen LogP contribution in [0, 0.1) is 0 Å². The third-order valence-corrected chi connectivity index (χ3v) is 11.4. The molecule has 0 aliphatic carbocycles. The molecule has 8 unspecified atom stereocenters. The van der Waals surface area contributed by atoms with Crippen LogP contribution in [0.1, 0.15) is 120 Å². The van der Waals surface area contributed by atoms with Crippen LogP contribution in [-0.2, 0) is 95.1 Å². The zero-order valence-electron chi connectivity index (χ0n) is 42.6. The van der Waals surface area contributed by atoms with E-state index in [4.69, 9.17) is 66.3 Å². The number of carbonyl (C=O) groups is 6. The molecule has 22 nitrogen and oxygen atoms in total. The number of ether oxygens (including phenoxy) is 14. The fourth-order valence-corrected chi connectivity index (χ4v) is 8.03. The fraction of sp³-hybridized carbons (Fsp3) is 0.833. The zero-order valence-corrected chi connectivity index (χ0v) is 42.6. The first-order valence-corrected chi connectivity index (χ1v) is 24.5. The number of aliphatic hydroxyl groups is 1. The summed E-state index contributed by atoms with van der Waals surface area (Å²) < 4.78 is 85.5. The van der Waals surface area contributed by atoms with Gasteiger partial charge in [0.2, 0.25) is 5.91 Å². The van der Waals surface area contributed by atoms with E-state index in [0.717, 1.165) is 73.8 Å². The second-order valence-corrected chi connectivity index (χ2v) is 17.4. The lowest BCUT2D eigenvalue weighted by molar-refractivity contribution is -0.381. The van der Waals surface area contributed by atoms with Crippen LogP contribution in [-0.4, -0.2) is 179 Å². The van der Waals surface area contributed by atoms with Crippen molar-refractivity contribution in [2.45, 2.75) is 205 Å². The van der Waals surface area contributed by atoms with Gasteiger partial charge in [-0.2, -0.15) is 0 Å². The smallest absolute Gasteiger partial charge is 0.366 e. The highest BCUT2D eigenvalue weighted by Crippen LogP contribution is 2.41. The predicted octanol–water partition coefficient (Wildman–Crippen LogP) is 3.28. The molecule has 2 fully saturated rings. The summed E-state index contributed by atoms with van der Waals surface area (Å²) >= 11 is 0. The third-order valence-electron chi connectivity index (χ3n) is 11.4. The van der Waals surface area contributed by atoms with E-state index in [1.807, 2.05) is 27.7 Å². The molecule has 3 heterocycles. The predicted molar refractivity (Wildman–Crippen MR) is 244 cm³/mol. The van der Waals surface area contributed by atoms with E-state index in [1.54, 1.807) is 6.08 Å². The Morgan fingerprint density at radius 1 is 0.743 bits per heavy atom. The normalized spacial score (nSPS) is 29.4. The van der Waals surface area contributed by atoms with Gasteiger partial charge in [-0.05, 0) is 31.8 Å². The average Bonchev–Trinajstić information content (AvgIpc) is 3.30. The first-order chi connectivity index (χ1) is 33.4. The molecule has 22 heteroatoms. The highest BCUT2D eigenvalue weighted by Gasteiger charge is 2.62. The Balaban J connectivity index is 2.33. The minimum Gasteiger partial charge on any atom is -0.493 e. The van der Waals surface area contributed by atoms with Crippen molar-refractivity contribution in [1.82, 2.24) is 5.32 Å². The van der Waals surface area contributed by atoms with Gasteiger partial charge in [-0.25, -0.2) is 4.79 Å². The Bertz CT molecular complexity index is 1650. The van der Waals surface area contributed by atoms with Crippen molar-refractivity contribution in [1.29, 1.82) is 0 Å². The van der Waals surface area contributed by atoms with Gasteiger partial charge in [-0.3, -0.25) is 24.0 Å². The average molecular weight is 1010 g/mol. The van der Waals surface area contributed by atoms with Crippen molar-refractivity contribution < 1.29 is 100 Å². The minimum absolute atomic E-state index is 0.0831. The summed E-state index contributed by atoms with van der Waals surface area (Å²) in [4.78, 5) is 78.1. The number of unbranched alkanes of at least 4 members (excludes halogenated alkanes) is 4. The molecule has 402 valence electrons. The molecule has 0 bridgehead atoms. The summed E-state index contributed by atoms with van der Waals surface area (Å²) in [6.07, 6.45) is -7.85. The fourth-order valence-electron chi connectivity index (χ4n) is 8.03. The highest BCUT2D eigenvalue weighted by molar-refractivity contribution is 5.79. The first kappa shape index (κ1) is 60.3. The van der Waals surface area contributed by atoms with Crippen LogP contribution >= 0.6 is 0 Å². The lowest BCUT2D eigenvalue weighted by Gasteiger charge is -2.52. The number of methoxy groups -OCH3 is 1. The van der Waals surface area contributed by atoms with Crippen molar-refractivity contribution in [3.8, 4) is 0 Å². The molecule has 70 heavy (non-hydrogen) atoms. The summed E-state index contributed by atoms with van der Waals surface area (Å²) in [5.74, 6) is -8.20. The van der Waals surface area contributed by atoms with Gasteiger partial charge >= 0.3 is 29.8 Å². The van der Waals surface area contributed by atoms with Crippen LogP contribution < -0.4 is 5.32 Å². The van der Waals surface area contributed by atoms with E-state index < -0.39 is 134 Å². The molecule has 1 amide bonds. The Kier molecular flexibility index (Phi) is 27.1. The van der Waals surface area contributed by atoms with Crippen molar-refractivity contribution >= 4 is 35.8 Å². The number of hydrogen-bond donors (Lipinski definition) is 2. The van der Waals surface area contributed by atoms with Crippen LogP contribution in [0.25, 0.3) is 0 Å². The van der Waals surface area contributed by atoms with E-state index in [-0.39, 0.29) is 19.8 Å². The molecule has 3 aliphatic heterocycles. The summed E-state index contributed by atoms with van der Waals surface area (Å²) in [7, 11) is 1.03. The van der Waals surface area contributed by atoms with E-state index in [2.05, 4.69) is 5.32 Å². The molecule has 0 aromatic rings. The molecule has 0 aromatic heterocycles. The van der Waals surface area contributed by atoms with E-state index in [1.165, 1.54) is 6.26 Å². The molecule has 14 atom stereocenters. The molecule has 0 aromatic carbocycles. The Hall–Kier alpha value is -4.00. The van der Waals surface area contributed by atoms with Crippen LogP contribution in [0.15, 0.2) is 12.3 Å². The first-order valence-electron chi connectivity index (χ1n) is 24.5. The third kappa shape index (κ3) is 18.9. The van der Waals surface area contributed by atoms with Crippen LogP contribution in [0.4, 0.5) is 0 Å². The molecule has 3 aliphatic rings. The van der Waals surface area contributed by atoms with E-state index in [9.17, 15) is 33.9 Å². The quantitative estimate of drug-likeness (QED) is 0.0573. The number of esters is 5. The molecule has 0 spiro atoms. The Morgan fingerprint density at radius 3 is 1.90 bits per heavy atom. The topological polar surface area (TPSA) is 264 Å². The van der Waals surface area contributed by atoms with Gasteiger partial charge in [-0.15, -0.1) is 0 Å². The maximum absolute atomic E-state index is 14.6. The maximum Gasteiger partial charge on any atom is 0.366 e. The van der Waals surface area contributed by atoms with Crippen LogP contribution in [0.5, 0.6) is 0 Å². The molecule has 0 radical (unpaired) electrons. The lowest BCUT2D eigenvalue weighted by Crippen LogP contribution is -2.71. The summed E-state index contributed by atoms with van der Waals surface area (Å²) in [6, 6.07) is -1.48. The number of aliphatic hydroxyl groups excluding tert-OH is 1. The maximum atomic E-state index is 14.6. The molecule has 2 saturated heterocycles.